The molecule has 3 unspecified atom stereocenters. The standard InChI is InChI=1S/C17H28N4/c1-15-5-12-6-16(2,9-15)11-17(7-12,10-15)14(18)4-13-8-21(3)20-19-13/h8,12,14H,4-7,9-11,18H2,1-3H3. The van der Waals surface area contributed by atoms with Crippen LogP contribution in [-0.2, 0) is 13.5 Å². The van der Waals surface area contributed by atoms with Gasteiger partial charge in [0.05, 0.1) is 5.69 Å². The van der Waals surface area contributed by atoms with Gasteiger partial charge in [-0.25, -0.2) is 0 Å². The van der Waals surface area contributed by atoms with E-state index in [1.54, 1.807) is 4.68 Å². The Morgan fingerprint density at radius 3 is 2.43 bits per heavy atom. The summed E-state index contributed by atoms with van der Waals surface area (Å²) in [7, 11) is 1.93. The minimum Gasteiger partial charge on any atom is -0.327 e. The maximum atomic E-state index is 6.75. The van der Waals surface area contributed by atoms with Gasteiger partial charge in [0.25, 0.3) is 0 Å². The predicted octanol–water partition coefficient (Wildman–Crippen LogP) is 2.68. The van der Waals surface area contributed by atoms with Crippen LogP contribution in [0.1, 0.15) is 58.1 Å². The molecule has 0 aliphatic heterocycles. The Morgan fingerprint density at radius 1 is 1.24 bits per heavy atom. The summed E-state index contributed by atoms with van der Waals surface area (Å²) in [4.78, 5) is 0. The van der Waals surface area contributed by atoms with Gasteiger partial charge in [0.1, 0.15) is 0 Å². The first-order valence-electron chi connectivity index (χ1n) is 8.41. The van der Waals surface area contributed by atoms with E-state index < -0.39 is 0 Å². The molecule has 116 valence electrons. The van der Waals surface area contributed by atoms with Crippen LogP contribution in [0, 0.1) is 22.2 Å². The Morgan fingerprint density at radius 2 is 1.90 bits per heavy atom. The Bertz CT molecular complexity index is 545. The van der Waals surface area contributed by atoms with Crippen molar-refractivity contribution in [1.29, 1.82) is 0 Å². The fraction of sp³-hybridized carbons (Fsp3) is 0.882. The highest BCUT2D eigenvalue weighted by Crippen LogP contribution is 2.70. The van der Waals surface area contributed by atoms with Crippen LogP contribution in [0.5, 0.6) is 0 Å². The molecule has 0 spiro atoms. The van der Waals surface area contributed by atoms with Gasteiger partial charge < -0.3 is 5.73 Å². The summed E-state index contributed by atoms with van der Waals surface area (Å²) >= 11 is 0. The molecular weight excluding hydrogens is 260 g/mol. The fourth-order valence-corrected chi connectivity index (χ4v) is 6.88. The SMILES string of the molecule is Cn1cc(CC(N)C23CC4CC(C)(CC(C)(C4)C2)C3)nn1. The summed E-state index contributed by atoms with van der Waals surface area (Å²) in [5.74, 6) is 0.907. The van der Waals surface area contributed by atoms with Crippen LogP contribution in [0.15, 0.2) is 6.20 Å². The molecule has 3 atom stereocenters. The molecule has 1 aromatic rings. The number of hydrogen-bond donors (Lipinski definition) is 1. The normalized spacial score (nSPS) is 46.0. The lowest BCUT2D eigenvalue weighted by molar-refractivity contribution is -0.153. The zero-order valence-electron chi connectivity index (χ0n) is 13.6. The first kappa shape index (κ1) is 13.7. The van der Waals surface area contributed by atoms with Crippen molar-refractivity contribution in [1.82, 2.24) is 15.0 Å². The molecule has 1 heterocycles. The highest BCUT2D eigenvalue weighted by atomic mass is 15.4. The van der Waals surface area contributed by atoms with Gasteiger partial charge in [-0.15, -0.1) is 5.10 Å². The first-order chi connectivity index (χ1) is 9.80. The Kier molecular flexibility index (Phi) is 2.68. The highest BCUT2D eigenvalue weighted by molar-refractivity contribution is 5.14. The third-order valence-electron chi connectivity index (χ3n) is 6.54. The molecule has 0 aromatic carbocycles. The van der Waals surface area contributed by atoms with E-state index in [9.17, 15) is 0 Å². The number of nitrogens with two attached hydrogens (primary N) is 1. The topological polar surface area (TPSA) is 56.7 Å². The minimum absolute atomic E-state index is 0.233. The van der Waals surface area contributed by atoms with E-state index in [-0.39, 0.29) is 6.04 Å². The number of aromatic nitrogens is 3. The number of nitrogens with zero attached hydrogens (tertiary/aromatic N) is 3. The smallest absolute Gasteiger partial charge is 0.0842 e. The predicted molar refractivity (Wildman–Crippen MR) is 82.5 cm³/mol. The maximum Gasteiger partial charge on any atom is 0.0842 e. The number of rotatable bonds is 3. The van der Waals surface area contributed by atoms with Crippen molar-refractivity contribution < 1.29 is 0 Å². The number of hydrogen-bond acceptors (Lipinski definition) is 3. The van der Waals surface area contributed by atoms with Gasteiger partial charge >= 0.3 is 0 Å². The average molecular weight is 288 g/mol. The molecule has 2 N–H and O–H groups in total. The van der Waals surface area contributed by atoms with E-state index in [2.05, 4.69) is 24.2 Å². The van der Waals surface area contributed by atoms with Crippen LogP contribution >= 0.6 is 0 Å². The van der Waals surface area contributed by atoms with Crippen molar-refractivity contribution in [2.75, 3.05) is 0 Å². The highest BCUT2D eigenvalue weighted by Gasteiger charge is 2.61. The van der Waals surface area contributed by atoms with Gasteiger partial charge in [-0.05, 0) is 60.7 Å². The average Bonchev–Trinajstić information content (AvgIpc) is 2.69. The Labute approximate surface area is 127 Å². The summed E-state index contributed by atoms with van der Waals surface area (Å²) in [5.41, 5.74) is 9.23. The summed E-state index contributed by atoms with van der Waals surface area (Å²) < 4.78 is 1.78. The van der Waals surface area contributed by atoms with E-state index in [1.807, 2.05) is 13.2 Å². The molecule has 0 saturated heterocycles. The second-order valence-electron chi connectivity index (χ2n) is 9.19. The summed E-state index contributed by atoms with van der Waals surface area (Å²) in [6.45, 7) is 5.03. The Balaban J connectivity index is 1.61. The first-order valence-corrected chi connectivity index (χ1v) is 8.41. The molecule has 4 bridgehead atoms. The summed E-state index contributed by atoms with van der Waals surface area (Å²) in [6.07, 6.45) is 11.2. The van der Waals surface area contributed by atoms with Crippen LogP contribution in [0.3, 0.4) is 0 Å². The van der Waals surface area contributed by atoms with Crippen molar-refractivity contribution in [3.63, 3.8) is 0 Å². The lowest BCUT2D eigenvalue weighted by Crippen LogP contribution is -2.61. The zero-order chi connectivity index (χ0) is 14.9. The monoisotopic (exact) mass is 288 g/mol. The lowest BCUT2D eigenvalue weighted by Gasteiger charge is -2.67. The van der Waals surface area contributed by atoms with Crippen LogP contribution in [-0.4, -0.2) is 21.0 Å². The fourth-order valence-electron chi connectivity index (χ4n) is 6.88. The maximum absolute atomic E-state index is 6.75. The molecular formula is C17H28N4. The third kappa shape index (κ3) is 2.14. The van der Waals surface area contributed by atoms with E-state index in [0.29, 0.717) is 16.2 Å². The molecule has 5 rings (SSSR count). The van der Waals surface area contributed by atoms with Crippen LogP contribution in [0.4, 0.5) is 0 Å². The number of aryl methyl sites for hydroxylation is 1. The molecule has 1 aromatic heterocycles. The van der Waals surface area contributed by atoms with E-state index in [4.69, 9.17) is 5.73 Å². The van der Waals surface area contributed by atoms with Gasteiger partial charge in [-0.3, -0.25) is 4.68 Å². The molecule has 4 aliphatic rings. The molecule has 0 radical (unpaired) electrons. The van der Waals surface area contributed by atoms with Crippen LogP contribution < -0.4 is 5.73 Å². The molecule has 21 heavy (non-hydrogen) atoms. The van der Waals surface area contributed by atoms with Crippen molar-refractivity contribution in [2.45, 2.75) is 64.8 Å². The van der Waals surface area contributed by atoms with Crippen molar-refractivity contribution in [3.8, 4) is 0 Å². The van der Waals surface area contributed by atoms with Gasteiger partial charge in [-0.1, -0.05) is 19.1 Å². The van der Waals surface area contributed by atoms with E-state index >= 15 is 0 Å². The molecule has 0 amide bonds. The molecule has 4 heteroatoms. The van der Waals surface area contributed by atoms with Crippen LogP contribution in [0.2, 0.25) is 0 Å². The van der Waals surface area contributed by atoms with Crippen LogP contribution in [0.25, 0.3) is 0 Å². The third-order valence-corrected chi connectivity index (χ3v) is 6.54. The minimum atomic E-state index is 0.233. The zero-order valence-corrected chi connectivity index (χ0v) is 13.6. The lowest BCUT2D eigenvalue weighted by atomic mass is 9.39. The molecule has 4 fully saturated rings. The van der Waals surface area contributed by atoms with Gasteiger partial charge in [-0.2, -0.15) is 0 Å². The van der Waals surface area contributed by atoms with Crippen molar-refractivity contribution in [3.05, 3.63) is 11.9 Å². The van der Waals surface area contributed by atoms with E-state index in [0.717, 1.165) is 18.0 Å². The van der Waals surface area contributed by atoms with E-state index in [1.165, 1.54) is 38.5 Å². The summed E-state index contributed by atoms with van der Waals surface area (Å²) in [6, 6.07) is 0.233. The largest absolute Gasteiger partial charge is 0.327 e. The van der Waals surface area contributed by atoms with Crippen molar-refractivity contribution in [2.24, 2.45) is 34.9 Å². The quantitative estimate of drug-likeness (QED) is 0.930. The molecule has 4 saturated carbocycles. The van der Waals surface area contributed by atoms with Gasteiger partial charge in [0.15, 0.2) is 0 Å². The Hall–Kier alpha value is -0.900. The molecule has 4 nitrogen and oxygen atoms in total. The van der Waals surface area contributed by atoms with Gasteiger partial charge in [0.2, 0.25) is 0 Å². The summed E-state index contributed by atoms with van der Waals surface area (Å²) in [5, 5.41) is 8.31. The van der Waals surface area contributed by atoms with Crippen molar-refractivity contribution >= 4 is 0 Å². The second-order valence-corrected chi connectivity index (χ2v) is 9.19. The van der Waals surface area contributed by atoms with Gasteiger partial charge in [0, 0.05) is 25.7 Å². The second kappa shape index (κ2) is 4.09. The molecule has 4 aliphatic carbocycles.